The molecule has 1 heterocycles. The SMILES string of the molecule is Cc1cc(C)c(C(N)=S)c(NCC2C(C)(C)C2(C)C)n1. The third kappa shape index (κ3) is 2.30. The average Bonchev–Trinajstić information content (AvgIpc) is 2.64. The van der Waals surface area contributed by atoms with Crippen LogP contribution in [0.25, 0.3) is 0 Å². The van der Waals surface area contributed by atoms with Gasteiger partial charge < -0.3 is 11.1 Å². The summed E-state index contributed by atoms with van der Waals surface area (Å²) < 4.78 is 0. The van der Waals surface area contributed by atoms with Gasteiger partial charge in [-0.3, -0.25) is 0 Å². The fourth-order valence-electron chi connectivity index (χ4n) is 3.32. The molecule has 1 aliphatic carbocycles. The monoisotopic (exact) mass is 291 g/mol. The Kier molecular flexibility index (Phi) is 3.57. The van der Waals surface area contributed by atoms with E-state index in [9.17, 15) is 0 Å². The number of nitrogens with zero attached hydrogens (tertiary/aromatic N) is 1. The van der Waals surface area contributed by atoms with Gasteiger partial charge in [-0.2, -0.15) is 0 Å². The van der Waals surface area contributed by atoms with Crippen LogP contribution in [-0.4, -0.2) is 16.5 Å². The van der Waals surface area contributed by atoms with E-state index in [0.717, 1.165) is 29.2 Å². The molecule has 0 bridgehead atoms. The van der Waals surface area contributed by atoms with Gasteiger partial charge in [0.15, 0.2) is 0 Å². The summed E-state index contributed by atoms with van der Waals surface area (Å²) in [6.07, 6.45) is 0. The Balaban J connectivity index is 2.21. The highest BCUT2D eigenvalue weighted by atomic mass is 32.1. The van der Waals surface area contributed by atoms with Crippen molar-refractivity contribution in [2.75, 3.05) is 11.9 Å². The van der Waals surface area contributed by atoms with Crippen molar-refractivity contribution in [3.63, 3.8) is 0 Å². The number of aromatic nitrogens is 1. The Morgan fingerprint density at radius 1 is 1.30 bits per heavy atom. The maximum atomic E-state index is 5.85. The van der Waals surface area contributed by atoms with Gasteiger partial charge in [-0.1, -0.05) is 39.9 Å². The van der Waals surface area contributed by atoms with E-state index >= 15 is 0 Å². The van der Waals surface area contributed by atoms with E-state index < -0.39 is 0 Å². The van der Waals surface area contributed by atoms with Gasteiger partial charge in [-0.15, -0.1) is 0 Å². The zero-order valence-corrected chi connectivity index (χ0v) is 14.1. The van der Waals surface area contributed by atoms with Crippen molar-refractivity contribution >= 4 is 23.0 Å². The highest BCUT2D eigenvalue weighted by Gasteiger charge is 2.64. The molecule has 1 aliphatic rings. The summed E-state index contributed by atoms with van der Waals surface area (Å²) in [6.45, 7) is 14.2. The second kappa shape index (κ2) is 4.69. The Bertz CT molecular complexity index is 547. The Labute approximate surface area is 127 Å². The largest absolute Gasteiger partial charge is 0.389 e. The van der Waals surface area contributed by atoms with E-state index in [2.05, 4.69) is 38.0 Å². The van der Waals surface area contributed by atoms with Crippen LogP contribution < -0.4 is 11.1 Å². The van der Waals surface area contributed by atoms with Crippen molar-refractivity contribution in [3.8, 4) is 0 Å². The lowest BCUT2D eigenvalue weighted by Gasteiger charge is -2.14. The molecule has 1 aromatic rings. The van der Waals surface area contributed by atoms with Crippen molar-refractivity contribution in [2.45, 2.75) is 41.5 Å². The minimum atomic E-state index is 0.363. The number of hydrogen-bond acceptors (Lipinski definition) is 3. The number of nitrogens with two attached hydrogens (primary N) is 1. The van der Waals surface area contributed by atoms with Crippen molar-refractivity contribution < 1.29 is 0 Å². The second-order valence-corrected chi connectivity index (χ2v) is 7.49. The molecule has 4 heteroatoms. The van der Waals surface area contributed by atoms with Crippen LogP contribution in [0.4, 0.5) is 5.82 Å². The molecule has 110 valence electrons. The van der Waals surface area contributed by atoms with E-state index in [1.54, 1.807) is 0 Å². The molecule has 3 nitrogen and oxygen atoms in total. The Morgan fingerprint density at radius 3 is 2.30 bits per heavy atom. The lowest BCUT2D eigenvalue weighted by Crippen LogP contribution is -2.18. The number of thiocarbonyl (C=S) groups is 1. The van der Waals surface area contributed by atoms with Gasteiger partial charge in [0.05, 0.1) is 5.56 Å². The number of nitrogens with one attached hydrogen (secondary N) is 1. The molecule has 0 saturated heterocycles. The van der Waals surface area contributed by atoms with Gasteiger partial charge in [0.1, 0.15) is 10.8 Å². The molecule has 0 radical (unpaired) electrons. The average molecular weight is 291 g/mol. The van der Waals surface area contributed by atoms with Gasteiger partial charge in [0.2, 0.25) is 0 Å². The summed E-state index contributed by atoms with van der Waals surface area (Å²) in [5, 5.41) is 3.47. The molecular weight excluding hydrogens is 266 g/mol. The van der Waals surface area contributed by atoms with Crippen LogP contribution in [0.1, 0.15) is 44.5 Å². The smallest absolute Gasteiger partial charge is 0.136 e. The fourth-order valence-corrected chi connectivity index (χ4v) is 3.58. The van der Waals surface area contributed by atoms with Crippen LogP contribution in [0.15, 0.2) is 6.07 Å². The molecule has 2 rings (SSSR count). The van der Waals surface area contributed by atoms with E-state index in [1.165, 1.54) is 0 Å². The minimum Gasteiger partial charge on any atom is -0.389 e. The van der Waals surface area contributed by atoms with E-state index in [1.807, 2.05) is 19.9 Å². The molecule has 3 N–H and O–H groups in total. The van der Waals surface area contributed by atoms with Gasteiger partial charge in [0.25, 0.3) is 0 Å². The van der Waals surface area contributed by atoms with E-state index in [0.29, 0.717) is 21.7 Å². The highest BCUT2D eigenvalue weighted by Crippen LogP contribution is 2.68. The molecule has 1 aromatic heterocycles. The lowest BCUT2D eigenvalue weighted by atomic mass is 10.0. The van der Waals surface area contributed by atoms with Crippen LogP contribution >= 0.6 is 12.2 Å². The molecule has 0 spiro atoms. The molecule has 0 amide bonds. The molecule has 20 heavy (non-hydrogen) atoms. The van der Waals surface area contributed by atoms with Gasteiger partial charge >= 0.3 is 0 Å². The fraction of sp³-hybridized carbons (Fsp3) is 0.625. The molecule has 1 fully saturated rings. The number of hydrogen-bond donors (Lipinski definition) is 2. The molecule has 0 aliphatic heterocycles. The number of aryl methyl sites for hydroxylation is 2. The maximum Gasteiger partial charge on any atom is 0.136 e. The highest BCUT2D eigenvalue weighted by molar-refractivity contribution is 7.80. The first-order valence-corrected chi connectivity index (χ1v) is 7.51. The lowest BCUT2D eigenvalue weighted by molar-refractivity contribution is 0.457. The maximum absolute atomic E-state index is 5.85. The van der Waals surface area contributed by atoms with Crippen LogP contribution in [0.2, 0.25) is 0 Å². The first kappa shape index (κ1) is 15.2. The van der Waals surface area contributed by atoms with Crippen LogP contribution in [-0.2, 0) is 0 Å². The third-order valence-electron chi connectivity index (χ3n) is 5.38. The van der Waals surface area contributed by atoms with Crippen LogP contribution in [0.3, 0.4) is 0 Å². The number of anilines is 1. The summed E-state index contributed by atoms with van der Waals surface area (Å²) >= 11 is 5.16. The topological polar surface area (TPSA) is 50.9 Å². The normalized spacial score (nSPS) is 19.7. The van der Waals surface area contributed by atoms with Crippen molar-refractivity contribution in [2.24, 2.45) is 22.5 Å². The van der Waals surface area contributed by atoms with Crippen LogP contribution in [0.5, 0.6) is 0 Å². The van der Waals surface area contributed by atoms with Crippen molar-refractivity contribution in [1.82, 2.24) is 4.98 Å². The zero-order valence-electron chi connectivity index (χ0n) is 13.3. The Morgan fingerprint density at radius 2 is 1.85 bits per heavy atom. The number of pyridine rings is 1. The quantitative estimate of drug-likeness (QED) is 0.835. The van der Waals surface area contributed by atoms with Crippen molar-refractivity contribution in [3.05, 3.63) is 22.9 Å². The first-order valence-electron chi connectivity index (χ1n) is 7.11. The minimum absolute atomic E-state index is 0.363. The Hall–Kier alpha value is -1.16. The standard InChI is InChI=1S/C16H25N3S/c1-9-7-10(2)19-14(12(9)13(17)20)18-8-11-15(3,4)16(11,5)6/h7,11H,8H2,1-6H3,(H2,17,20)(H,18,19). The predicted octanol–water partition coefficient (Wildman–Crippen LogP) is 3.43. The summed E-state index contributed by atoms with van der Waals surface area (Å²) in [4.78, 5) is 4.98. The number of rotatable bonds is 4. The van der Waals surface area contributed by atoms with Gasteiger partial charge in [-0.05, 0) is 42.2 Å². The van der Waals surface area contributed by atoms with Crippen LogP contribution in [0, 0.1) is 30.6 Å². The zero-order chi connectivity index (χ0) is 15.3. The first-order chi connectivity index (χ1) is 9.09. The summed E-state index contributed by atoms with van der Waals surface area (Å²) in [5.74, 6) is 1.46. The summed E-state index contributed by atoms with van der Waals surface area (Å²) in [7, 11) is 0. The van der Waals surface area contributed by atoms with E-state index in [-0.39, 0.29) is 0 Å². The molecule has 1 saturated carbocycles. The molecule has 0 aromatic carbocycles. The predicted molar refractivity (Wildman–Crippen MR) is 89.1 cm³/mol. The molecule has 0 unspecified atom stereocenters. The summed E-state index contributed by atoms with van der Waals surface area (Å²) in [6, 6.07) is 2.02. The van der Waals surface area contributed by atoms with E-state index in [4.69, 9.17) is 18.0 Å². The van der Waals surface area contributed by atoms with Gasteiger partial charge in [-0.25, -0.2) is 4.98 Å². The second-order valence-electron chi connectivity index (χ2n) is 7.05. The van der Waals surface area contributed by atoms with Gasteiger partial charge in [0, 0.05) is 12.2 Å². The molecular formula is C16H25N3S. The van der Waals surface area contributed by atoms with Crippen molar-refractivity contribution in [1.29, 1.82) is 0 Å². The summed E-state index contributed by atoms with van der Waals surface area (Å²) in [5.41, 5.74) is 9.52. The third-order valence-corrected chi connectivity index (χ3v) is 5.59. The molecule has 0 atom stereocenters.